The monoisotopic (exact) mass is 1550 g/mol. The van der Waals surface area contributed by atoms with Gasteiger partial charge in [0.05, 0.1) is 57.9 Å². The molecule has 0 radical (unpaired) electrons. The zero-order valence-corrected chi connectivity index (χ0v) is 69.4. The summed E-state index contributed by atoms with van der Waals surface area (Å²) in [5, 5.41) is 0. The molecule has 0 amide bonds. The summed E-state index contributed by atoms with van der Waals surface area (Å²) in [4.78, 5) is 42.1. The van der Waals surface area contributed by atoms with Gasteiger partial charge in [0.2, 0.25) is 0 Å². The SMILES string of the molecule is Cc1ccccc1N1c2cc(C(C)C)ncc2N(c2ccccc2)[C@@H]1C.Cc1ccccc1N1c2ccccc2N(c2ccccc2)[C@@H]1C.Cc1ccccc1N1c2cccnc2N(c2ccccc2)[C@@H]1C.Cc1ccccc1N1c2cnccc2N(c2ccccc2)[C@@H]1C.Cc1ccccc1N1c2ncccc2N(c2ccccc2)[C@@H]1C. The molecule has 588 valence electrons. The lowest BCUT2D eigenvalue weighted by atomic mass is 10.1. The van der Waals surface area contributed by atoms with Crippen LogP contribution in [0.4, 0.5) is 114 Å². The number of aryl methyl sites for hydroxylation is 5. The van der Waals surface area contributed by atoms with Gasteiger partial charge < -0.3 is 49.0 Å². The molecule has 0 saturated carbocycles. The van der Waals surface area contributed by atoms with Gasteiger partial charge in [-0.15, -0.1) is 0 Å². The Kier molecular flexibility index (Phi) is 22.9. The maximum Gasteiger partial charge on any atom is 0.158 e. The Balaban J connectivity index is 0.000000110. The fourth-order valence-corrected chi connectivity index (χ4v) is 17.4. The minimum absolute atomic E-state index is 0.170. The molecule has 15 aromatic rings. The maximum absolute atomic E-state index is 4.74. The molecule has 0 spiro atoms. The molecule has 5 aliphatic heterocycles. The first kappa shape index (κ1) is 77.9. The third-order valence-corrected chi connectivity index (χ3v) is 23.0. The Hall–Kier alpha value is -14.0. The normalized spacial score (nSPS) is 16.5. The van der Waals surface area contributed by atoms with Crippen molar-refractivity contribution < 1.29 is 0 Å². The average molecular weight is 1550 g/mol. The Morgan fingerprint density at radius 1 is 0.212 bits per heavy atom. The highest BCUT2D eigenvalue weighted by molar-refractivity contribution is 5.93. The van der Waals surface area contributed by atoms with Gasteiger partial charge in [-0.1, -0.05) is 208 Å². The van der Waals surface area contributed by atoms with Crippen LogP contribution in [0.3, 0.4) is 0 Å². The van der Waals surface area contributed by atoms with Crippen molar-refractivity contribution in [2.45, 2.75) is 120 Å². The highest BCUT2D eigenvalue weighted by Crippen LogP contribution is 2.54. The fraction of sp³-hybridized carbons (Fsp3) is 0.173. The number of benzene rings is 11. The Morgan fingerprint density at radius 3 is 0.856 bits per heavy atom. The summed E-state index contributed by atoms with van der Waals surface area (Å²) in [6.45, 7) is 26.4. The second-order valence-electron chi connectivity index (χ2n) is 30.8. The molecule has 14 heteroatoms. The summed E-state index contributed by atoms with van der Waals surface area (Å²) in [6, 6.07) is 117. The molecule has 5 atom stereocenters. The lowest BCUT2D eigenvalue weighted by Gasteiger charge is -2.31. The van der Waals surface area contributed by atoms with Gasteiger partial charge in [-0.2, -0.15) is 0 Å². The number of fused-ring (bicyclic) bond motifs is 5. The van der Waals surface area contributed by atoms with Crippen LogP contribution < -0.4 is 49.0 Å². The van der Waals surface area contributed by atoms with Crippen LogP contribution in [0, 0.1) is 34.6 Å². The van der Waals surface area contributed by atoms with E-state index in [4.69, 9.17) is 4.98 Å². The van der Waals surface area contributed by atoms with Crippen LogP contribution in [0.25, 0.3) is 0 Å². The Bertz CT molecular complexity index is 5340. The summed E-state index contributed by atoms with van der Waals surface area (Å²) < 4.78 is 0. The average Bonchev–Trinajstić information content (AvgIpc) is 1.62. The number of anilines is 20. The van der Waals surface area contributed by atoms with E-state index in [0.29, 0.717) is 5.92 Å². The fourth-order valence-electron chi connectivity index (χ4n) is 17.4. The number of rotatable bonds is 11. The smallest absolute Gasteiger partial charge is 0.158 e. The maximum atomic E-state index is 4.74. The van der Waals surface area contributed by atoms with E-state index < -0.39 is 0 Å². The third kappa shape index (κ3) is 15.2. The standard InChI is InChI=1S/C23H25N3.C21H20N2.3C20H19N3/c1-16(2)20-14-22-23(15-24-20)25(19-11-6-5-7-12-19)18(4)26(22)21-13-9-8-10-17(21)3;1-16-10-6-7-13-19(16)23-17(2)22(18-11-4-3-5-12-18)20-14-8-9-15-21(20)23;1-15-9-6-7-12-18(15)23-16(2)22(17-10-4-3-5-11-17)20-19(23)13-8-14-21-20;1-15-9-6-7-12-18(15)23-16(2)22(17-10-4-3-5-11-17)19-13-8-14-21-20(19)23;1-15-8-6-7-11-18(15)23-16(2)22(17-9-4-3-5-10-17)19-12-13-21-14-20(19)23/h5-16,18H,1-4H3;3-15,17H,1-2H3;3*3-14,16H,1-2H3/t18-;17-;3*16-/m00000/s1. The van der Waals surface area contributed by atoms with Gasteiger partial charge in [-0.3, -0.25) is 9.97 Å². The topological polar surface area (TPSA) is 84.0 Å². The minimum Gasteiger partial charge on any atom is -0.319 e. The molecule has 20 rings (SSSR count). The molecular formula is C104H102N14. The van der Waals surface area contributed by atoms with Gasteiger partial charge in [0, 0.05) is 81.2 Å². The quantitative estimate of drug-likeness (QED) is 0.123. The first-order valence-electron chi connectivity index (χ1n) is 41.1. The molecular weight excluding hydrogens is 1450 g/mol. The predicted octanol–water partition coefficient (Wildman–Crippen LogP) is 26.9. The van der Waals surface area contributed by atoms with E-state index in [-0.39, 0.29) is 30.8 Å². The van der Waals surface area contributed by atoms with Gasteiger partial charge in [0.1, 0.15) is 30.8 Å². The molecule has 0 saturated heterocycles. The molecule has 0 N–H and O–H groups in total. The predicted molar refractivity (Wildman–Crippen MR) is 494 cm³/mol. The Labute approximate surface area is 696 Å². The van der Waals surface area contributed by atoms with E-state index >= 15 is 0 Å². The molecule has 0 aliphatic carbocycles. The molecule has 0 fully saturated rings. The lowest BCUT2D eigenvalue weighted by Crippen LogP contribution is -2.35. The van der Waals surface area contributed by atoms with Crippen LogP contribution in [0.5, 0.6) is 0 Å². The second-order valence-corrected chi connectivity index (χ2v) is 30.8. The summed E-state index contributed by atoms with van der Waals surface area (Å²) in [5.74, 6) is 2.42. The number of hydrogen-bond donors (Lipinski definition) is 0. The zero-order valence-electron chi connectivity index (χ0n) is 69.4. The number of para-hydroxylation sites is 12. The molecule has 5 aliphatic rings. The number of pyridine rings is 4. The summed E-state index contributed by atoms with van der Waals surface area (Å²) in [5.41, 5.74) is 29.2. The summed E-state index contributed by atoms with van der Waals surface area (Å²) >= 11 is 0. The molecule has 0 bridgehead atoms. The van der Waals surface area contributed by atoms with Crippen LogP contribution in [0.15, 0.2) is 365 Å². The second kappa shape index (κ2) is 34.6. The van der Waals surface area contributed by atoms with Crippen molar-refractivity contribution in [2.24, 2.45) is 0 Å². The molecule has 11 aromatic carbocycles. The third-order valence-electron chi connectivity index (χ3n) is 23.0. The van der Waals surface area contributed by atoms with Gasteiger partial charge in [-0.05, 0) is 242 Å². The molecule has 9 heterocycles. The number of aromatic nitrogens is 4. The van der Waals surface area contributed by atoms with Crippen molar-refractivity contribution in [3.05, 3.63) is 398 Å². The van der Waals surface area contributed by atoms with Crippen molar-refractivity contribution >= 4 is 114 Å². The van der Waals surface area contributed by atoms with Crippen molar-refractivity contribution in [3.8, 4) is 0 Å². The van der Waals surface area contributed by atoms with Gasteiger partial charge in [0.25, 0.3) is 0 Å². The van der Waals surface area contributed by atoms with Crippen molar-refractivity contribution in [1.29, 1.82) is 0 Å². The summed E-state index contributed by atoms with van der Waals surface area (Å²) in [6.07, 6.45) is 10.5. The summed E-state index contributed by atoms with van der Waals surface area (Å²) in [7, 11) is 0. The van der Waals surface area contributed by atoms with Crippen LogP contribution in [-0.4, -0.2) is 50.8 Å². The van der Waals surface area contributed by atoms with Crippen LogP contribution >= 0.6 is 0 Å². The van der Waals surface area contributed by atoms with Crippen molar-refractivity contribution in [2.75, 3.05) is 49.0 Å². The molecule has 4 aromatic heterocycles. The van der Waals surface area contributed by atoms with Gasteiger partial charge in [-0.25, -0.2) is 9.97 Å². The van der Waals surface area contributed by atoms with E-state index in [1.807, 2.05) is 55.2 Å². The van der Waals surface area contributed by atoms with E-state index in [9.17, 15) is 0 Å². The highest BCUT2D eigenvalue weighted by Gasteiger charge is 2.41. The van der Waals surface area contributed by atoms with Gasteiger partial charge >= 0.3 is 0 Å². The van der Waals surface area contributed by atoms with E-state index in [0.717, 1.165) is 45.8 Å². The van der Waals surface area contributed by atoms with Crippen LogP contribution in [-0.2, 0) is 0 Å². The molecule has 118 heavy (non-hydrogen) atoms. The van der Waals surface area contributed by atoms with Crippen molar-refractivity contribution in [1.82, 2.24) is 19.9 Å². The zero-order chi connectivity index (χ0) is 81.5. The Morgan fingerprint density at radius 2 is 0.466 bits per heavy atom. The minimum atomic E-state index is 0.170. The van der Waals surface area contributed by atoms with Gasteiger partial charge in [0.15, 0.2) is 11.6 Å². The van der Waals surface area contributed by atoms with Crippen LogP contribution in [0.1, 0.15) is 87.9 Å². The first-order valence-corrected chi connectivity index (χ1v) is 41.1. The largest absolute Gasteiger partial charge is 0.319 e. The van der Waals surface area contributed by atoms with Crippen LogP contribution in [0.2, 0.25) is 0 Å². The lowest BCUT2D eigenvalue weighted by molar-refractivity contribution is 0.755. The molecule has 14 nitrogen and oxygen atoms in total. The van der Waals surface area contributed by atoms with E-state index in [1.54, 1.807) is 0 Å². The van der Waals surface area contributed by atoms with Crippen molar-refractivity contribution in [3.63, 3.8) is 0 Å². The van der Waals surface area contributed by atoms with E-state index in [2.05, 4.69) is 456 Å². The number of nitrogens with zero attached hydrogens (tertiary/aromatic N) is 14. The highest BCUT2D eigenvalue weighted by atomic mass is 15.5. The van der Waals surface area contributed by atoms with E-state index in [1.165, 1.54) is 102 Å². The number of hydrogen-bond acceptors (Lipinski definition) is 14. The molecule has 0 unspecified atom stereocenters. The first-order chi connectivity index (χ1) is 57.7.